The number of halogens is 6. The fourth-order valence-corrected chi connectivity index (χ4v) is 6.81. The highest BCUT2D eigenvalue weighted by molar-refractivity contribution is 7.92. The van der Waals surface area contributed by atoms with Crippen molar-refractivity contribution < 1.29 is 40.3 Å². The van der Waals surface area contributed by atoms with Gasteiger partial charge in [-0.25, -0.2) is 32.2 Å². The van der Waals surface area contributed by atoms with Gasteiger partial charge in [-0.3, -0.25) is 9.52 Å². The summed E-state index contributed by atoms with van der Waals surface area (Å²) in [6, 6.07) is 4.50. The molecule has 1 unspecified atom stereocenters. The summed E-state index contributed by atoms with van der Waals surface area (Å²) >= 11 is 7.43. The zero-order valence-corrected chi connectivity index (χ0v) is 27.0. The van der Waals surface area contributed by atoms with Crippen LogP contribution in [0.4, 0.5) is 33.6 Å². The molecule has 46 heavy (non-hydrogen) atoms. The van der Waals surface area contributed by atoms with E-state index in [0.717, 1.165) is 6.07 Å². The van der Waals surface area contributed by atoms with Crippen molar-refractivity contribution in [1.29, 1.82) is 0 Å². The topological polar surface area (TPSA) is 134 Å². The number of anilines is 2. The van der Waals surface area contributed by atoms with Gasteiger partial charge in [0.1, 0.15) is 10.7 Å². The summed E-state index contributed by atoms with van der Waals surface area (Å²) in [5, 5.41) is 12.3. The molecule has 0 aliphatic heterocycles. The van der Waals surface area contributed by atoms with Crippen LogP contribution in [-0.2, 0) is 26.4 Å². The number of rotatable bonds is 10. The Kier molecular flexibility index (Phi) is 9.94. The standard InChI is InChI=1S/C29H27ClF5N5O4S2/c1-14(9-22(41)42)13-37-27-36-8-7-19(38-27)25-24(39-26(45-25)28(2,3)4)17-10-15(30)11-20(23(17)32)40-46(43,44)21-12-16(31)5-6-18(21)29(33,34)35/h5-8,10-12,14,40H,9,13H2,1-4H3,(H,41,42)(H,36,37,38). The molecule has 1 atom stereocenters. The molecule has 0 radical (unpaired) electrons. The van der Waals surface area contributed by atoms with Crippen molar-refractivity contribution in [2.24, 2.45) is 5.92 Å². The summed E-state index contributed by atoms with van der Waals surface area (Å²) in [5.41, 5.74) is -2.96. The number of sulfonamides is 1. The molecule has 9 nitrogen and oxygen atoms in total. The van der Waals surface area contributed by atoms with Crippen molar-refractivity contribution in [3.63, 3.8) is 0 Å². The van der Waals surface area contributed by atoms with Gasteiger partial charge in [-0.05, 0) is 42.3 Å². The molecule has 2 aromatic heterocycles. The second kappa shape index (κ2) is 13.1. The molecule has 3 N–H and O–H groups in total. The Balaban J connectivity index is 1.81. The van der Waals surface area contributed by atoms with Gasteiger partial charge >= 0.3 is 12.1 Å². The minimum absolute atomic E-state index is 0.0148. The number of hydrogen-bond donors (Lipinski definition) is 3. The minimum atomic E-state index is -5.19. The summed E-state index contributed by atoms with van der Waals surface area (Å²) in [6.07, 6.45) is -3.82. The van der Waals surface area contributed by atoms with E-state index in [0.29, 0.717) is 21.6 Å². The number of aliphatic carboxylic acids is 1. The lowest BCUT2D eigenvalue weighted by Gasteiger charge is -2.16. The molecule has 2 heterocycles. The molecule has 0 aliphatic rings. The monoisotopic (exact) mass is 703 g/mol. The Bertz CT molecular complexity index is 1900. The zero-order valence-electron chi connectivity index (χ0n) is 24.6. The quantitative estimate of drug-likeness (QED) is 0.142. The zero-order chi connectivity index (χ0) is 34.2. The molecule has 4 rings (SSSR count). The number of carboxylic acid groups (broad SMARTS) is 1. The van der Waals surface area contributed by atoms with Crippen LogP contribution in [0.15, 0.2) is 47.5 Å². The summed E-state index contributed by atoms with van der Waals surface area (Å²) in [7, 11) is -5.19. The van der Waals surface area contributed by atoms with E-state index < -0.39 is 55.4 Å². The lowest BCUT2D eigenvalue weighted by molar-refractivity contribution is -0.140. The lowest BCUT2D eigenvalue weighted by Crippen LogP contribution is -2.20. The highest BCUT2D eigenvalue weighted by Crippen LogP contribution is 2.43. The van der Waals surface area contributed by atoms with Gasteiger partial charge in [-0.15, -0.1) is 11.3 Å². The van der Waals surface area contributed by atoms with Gasteiger partial charge in [0.2, 0.25) is 5.95 Å². The van der Waals surface area contributed by atoms with Crippen molar-refractivity contribution >= 4 is 50.6 Å². The fraction of sp³-hybridized carbons (Fsp3) is 0.310. The number of nitrogens with zero attached hydrogens (tertiary/aromatic N) is 3. The van der Waals surface area contributed by atoms with Crippen LogP contribution in [0.25, 0.3) is 21.8 Å². The van der Waals surface area contributed by atoms with Crippen molar-refractivity contribution in [2.75, 3.05) is 16.6 Å². The second-order valence-corrected chi connectivity index (χ2v) is 14.4. The Morgan fingerprint density at radius 3 is 2.41 bits per heavy atom. The Morgan fingerprint density at radius 2 is 1.78 bits per heavy atom. The molecule has 2 aromatic carbocycles. The molecule has 4 aromatic rings. The van der Waals surface area contributed by atoms with E-state index >= 15 is 4.39 Å². The number of nitrogens with one attached hydrogen (secondary N) is 2. The van der Waals surface area contributed by atoms with E-state index in [1.807, 2.05) is 20.8 Å². The van der Waals surface area contributed by atoms with Gasteiger partial charge in [-0.2, -0.15) is 13.2 Å². The summed E-state index contributed by atoms with van der Waals surface area (Å²) in [5.74, 6) is -3.52. The number of benzene rings is 2. The number of hydrogen-bond acceptors (Lipinski definition) is 8. The number of carbonyl (C=O) groups is 1. The first-order valence-electron chi connectivity index (χ1n) is 13.5. The summed E-state index contributed by atoms with van der Waals surface area (Å²) < 4.78 is 98.9. The highest BCUT2D eigenvalue weighted by Gasteiger charge is 2.38. The lowest BCUT2D eigenvalue weighted by atomic mass is 9.98. The minimum Gasteiger partial charge on any atom is -0.481 e. The number of aromatic nitrogens is 3. The molecular weight excluding hydrogens is 677 g/mol. The normalized spacial score (nSPS) is 13.0. The molecule has 0 saturated heterocycles. The van der Waals surface area contributed by atoms with Gasteiger partial charge in [0, 0.05) is 35.2 Å². The van der Waals surface area contributed by atoms with E-state index in [1.54, 1.807) is 11.6 Å². The smallest absolute Gasteiger partial charge is 0.417 e. The Morgan fingerprint density at radius 1 is 1.09 bits per heavy atom. The number of thiazole rings is 1. The van der Waals surface area contributed by atoms with Crippen LogP contribution in [0.2, 0.25) is 5.02 Å². The van der Waals surface area contributed by atoms with Crippen LogP contribution in [0, 0.1) is 17.6 Å². The second-order valence-electron chi connectivity index (χ2n) is 11.4. The third-order valence-electron chi connectivity index (χ3n) is 6.36. The number of carboxylic acids is 1. The maximum Gasteiger partial charge on any atom is 0.417 e. The average molecular weight is 704 g/mol. The largest absolute Gasteiger partial charge is 0.481 e. The van der Waals surface area contributed by atoms with Gasteiger partial charge in [0.05, 0.1) is 32.5 Å². The highest BCUT2D eigenvalue weighted by atomic mass is 35.5. The van der Waals surface area contributed by atoms with E-state index in [-0.39, 0.29) is 53.2 Å². The predicted molar refractivity (Wildman–Crippen MR) is 164 cm³/mol. The van der Waals surface area contributed by atoms with Crippen LogP contribution in [-0.4, -0.2) is 41.0 Å². The molecule has 0 bridgehead atoms. The van der Waals surface area contributed by atoms with Crippen molar-refractivity contribution in [2.45, 2.75) is 50.6 Å². The SMILES string of the molecule is CC(CNc1nccc(-c2sc(C(C)(C)C)nc2-c2cc(Cl)cc(NS(=O)(=O)c3cc(F)ccc3C(F)(F)F)c2F)n1)CC(=O)O. The Hall–Kier alpha value is -3.89. The van der Waals surface area contributed by atoms with E-state index in [4.69, 9.17) is 16.7 Å². The van der Waals surface area contributed by atoms with Crippen LogP contribution >= 0.6 is 22.9 Å². The van der Waals surface area contributed by atoms with E-state index in [2.05, 4.69) is 20.3 Å². The maximum atomic E-state index is 16.2. The maximum absolute atomic E-state index is 16.2. The summed E-state index contributed by atoms with van der Waals surface area (Å²) in [4.78, 5) is 23.2. The first-order valence-corrected chi connectivity index (χ1v) is 16.1. The van der Waals surface area contributed by atoms with Crippen molar-refractivity contribution in [3.8, 4) is 21.8 Å². The van der Waals surface area contributed by atoms with E-state index in [1.165, 1.54) is 29.7 Å². The summed E-state index contributed by atoms with van der Waals surface area (Å²) in [6.45, 7) is 7.56. The molecule has 246 valence electrons. The van der Waals surface area contributed by atoms with Gasteiger partial charge in [0.15, 0.2) is 5.82 Å². The van der Waals surface area contributed by atoms with Gasteiger partial charge < -0.3 is 10.4 Å². The first-order chi connectivity index (χ1) is 21.3. The first kappa shape index (κ1) is 35.0. The average Bonchev–Trinajstić information content (AvgIpc) is 3.39. The molecule has 17 heteroatoms. The molecule has 0 fully saturated rings. The van der Waals surface area contributed by atoms with Crippen LogP contribution < -0.4 is 10.0 Å². The van der Waals surface area contributed by atoms with Crippen LogP contribution in [0.1, 0.15) is 44.7 Å². The van der Waals surface area contributed by atoms with Gasteiger partial charge in [-0.1, -0.05) is 39.3 Å². The van der Waals surface area contributed by atoms with Gasteiger partial charge in [0.25, 0.3) is 10.0 Å². The van der Waals surface area contributed by atoms with Crippen LogP contribution in [0.3, 0.4) is 0 Å². The molecule has 0 aliphatic carbocycles. The third kappa shape index (κ3) is 8.09. The Labute approximate surface area is 269 Å². The van der Waals surface area contributed by atoms with E-state index in [9.17, 15) is 30.8 Å². The number of alkyl halides is 3. The third-order valence-corrected chi connectivity index (χ3v) is 9.49. The molecule has 0 amide bonds. The van der Waals surface area contributed by atoms with Crippen LogP contribution in [0.5, 0.6) is 0 Å². The van der Waals surface area contributed by atoms with Crippen molar-refractivity contribution in [1.82, 2.24) is 15.0 Å². The van der Waals surface area contributed by atoms with Crippen molar-refractivity contribution in [3.05, 3.63) is 69.8 Å². The molecular formula is C29H27ClF5N5O4S2. The fourth-order valence-electron chi connectivity index (χ4n) is 4.19. The molecule has 0 saturated carbocycles. The predicted octanol–water partition coefficient (Wildman–Crippen LogP) is 7.84. The molecule has 0 spiro atoms.